The first kappa shape index (κ1) is 13.5. The van der Waals surface area contributed by atoms with Gasteiger partial charge in [0.15, 0.2) is 0 Å². The molecule has 0 bridgehead atoms. The summed E-state index contributed by atoms with van der Waals surface area (Å²) >= 11 is 0. The number of non-ortho nitro benzene ring substituents is 1. The predicted octanol–water partition coefficient (Wildman–Crippen LogP) is 1.21. The van der Waals surface area contributed by atoms with E-state index in [9.17, 15) is 14.9 Å². The van der Waals surface area contributed by atoms with E-state index < -0.39 is 4.92 Å². The van der Waals surface area contributed by atoms with Crippen LogP contribution in [0.15, 0.2) is 24.3 Å². The van der Waals surface area contributed by atoms with Crippen LogP contribution in [0.3, 0.4) is 0 Å². The largest absolute Gasteiger partial charge is 0.351 e. The third-order valence-electron chi connectivity index (χ3n) is 3.03. The molecule has 1 aliphatic carbocycles. The maximum absolute atomic E-state index is 11.5. The first-order valence-electron chi connectivity index (χ1n) is 6.36. The van der Waals surface area contributed by atoms with Gasteiger partial charge in [0.25, 0.3) is 5.69 Å². The van der Waals surface area contributed by atoms with Crippen LogP contribution in [0, 0.1) is 16.0 Å². The van der Waals surface area contributed by atoms with Crippen LogP contribution in [-0.4, -0.2) is 23.9 Å². The molecule has 2 N–H and O–H groups in total. The van der Waals surface area contributed by atoms with Gasteiger partial charge in [-0.2, -0.15) is 0 Å². The summed E-state index contributed by atoms with van der Waals surface area (Å²) in [6.07, 6.45) is 2.50. The van der Waals surface area contributed by atoms with E-state index in [1.165, 1.54) is 25.0 Å². The van der Waals surface area contributed by atoms with Crippen LogP contribution in [0.4, 0.5) is 5.69 Å². The number of nitrogens with zero attached hydrogens (tertiary/aromatic N) is 1. The average molecular weight is 263 g/mol. The van der Waals surface area contributed by atoms with Gasteiger partial charge >= 0.3 is 0 Å². The van der Waals surface area contributed by atoms with Gasteiger partial charge in [-0.15, -0.1) is 0 Å². The molecule has 0 spiro atoms. The highest BCUT2D eigenvalue weighted by Crippen LogP contribution is 2.27. The number of hydrogen-bond donors (Lipinski definition) is 2. The average Bonchev–Trinajstić information content (AvgIpc) is 3.21. The molecule has 1 fully saturated rings. The molecule has 0 radical (unpaired) electrons. The Bertz CT molecular complexity index is 472. The summed E-state index contributed by atoms with van der Waals surface area (Å²) in [6.45, 7) is 1.50. The summed E-state index contributed by atoms with van der Waals surface area (Å²) in [7, 11) is 0. The van der Waals surface area contributed by atoms with E-state index >= 15 is 0 Å². The standard InChI is InChI=1S/C13H17N3O3/c17-13(9-14-7-10-4-5-10)15-8-11-2-1-3-12(6-11)16(18)19/h1-3,6,10,14H,4-5,7-9H2,(H,15,17). The van der Waals surface area contributed by atoms with Gasteiger partial charge in [-0.25, -0.2) is 0 Å². The molecule has 1 aromatic carbocycles. The van der Waals surface area contributed by atoms with Crippen LogP contribution < -0.4 is 10.6 Å². The fourth-order valence-corrected chi connectivity index (χ4v) is 1.75. The lowest BCUT2D eigenvalue weighted by molar-refractivity contribution is -0.384. The summed E-state index contributed by atoms with van der Waals surface area (Å²) in [4.78, 5) is 21.7. The van der Waals surface area contributed by atoms with Crippen molar-refractivity contribution < 1.29 is 9.72 Å². The Labute approximate surface area is 111 Å². The van der Waals surface area contributed by atoms with E-state index in [4.69, 9.17) is 0 Å². The van der Waals surface area contributed by atoms with Crippen molar-refractivity contribution in [2.24, 2.45) is 5.92 Å². The van der Waals surface area contributed by atoms with Gasteiger partial charge in [0, 0.05) is 18.7 Å². The highest BCUT2D eigenvalue weighted by atomic mass is 16.6. The first-order valence-corrected chi connectivity index (χ1v) is 6.36. The minimum atomic E-state index is -0.442. The number of hydrogen-bond acceptors (Lipinski definition) is 4. The Hall–Kier alpha value is -1.95. The molecule has 1 aliphatic rings. The van der Waals surface area contributed by atoms with E-state index in [1.807, 2.05) is 0 Å². The van der Waals surface area contributed by atoms with E-state index in [0.29, 0.717) is 13.1 Å². The first-order chi connectivity index (χ1) is 9.15. The Kier molecular flexibility index (Phi) is 4.46. The highest BCUT2D eigenvalue weighted by Gasteiger charge is 2.20. The summed E-state index contributed by atoms with van der Waals surface area (Å²) in [5.41, 5.74) is 0.767. The van der Waals surface area contributed by atoms with Crippen molar-refractivity contribution >= 4 is 11.6 Å². The molecular weight excluding hydrogens is 246 g/mol. The molecule has 0 heterocycles. The number of nitro benzene ring substituents is 1. The number of benzene rings is 1. The summed E-state index contributed by atoms with van der Waals surface area (Å²) < 4.78 is 0. The zero-order chi connectivity index (χ0) is 13.7. The number of amides is 1. The van der Waals surface area contributed by atoms with Crippen LogP contribution in [0.1, 0.15) is 18.4 Å². The van der Waals surface area contributed by atoms with Gasteiger partial charge in [0.2, 0.25) is 5.91 Å². The van der Waals surface area contributed by atoms with E-state index in [-0.39, 0.29) is 11.6 Å². The second-order valence-electron chi connectivity index (χ2n) is 4.78. The second-order valence-corrected chi connectivity index (χ2v) is 4.78. The fourth-order valence-electron chi connectivity index (χ4n) is 1.75. The summed E-state index contributed by atoms with van der Waals surface area (Å²) in [6, 6.07) is 6.27. The molecule has 2 rings (SSSR count). The minimum Gasteiger partial charge on any atom is -0.351 e. The maximum Gasteiger partial charge on any atom is 0.269 e. The normalized spacial score (nSPS) is 14.1. The quantitative estimate of drug-likeness (QED) is 0.572. The Morgan fingerprint density at radius 1 is 1.42 bits per heavy atom. The molecule has 1 amide bonds. The predicted molar refractivity (Wildman–Crippen MR) is 70.5 cm³/mol. The second kappa shape index (κ2) is 6.29. The lowest BCUT2D eigenvalue weighted by atomic mass is 10.2. The lowest BCUT2D eigenvalue weighted by Crippen LogP contribution is -2.34. The van der Waals surface area contributed by atoms with Crippen molar-refractivity contribution in [1.82, 2.24) is 10.6 Å². The monoisotopic (exact) mass is 263 g/mol. The molecule has 102 valence electrons. The van der Waals surface area contributed by atoms with E-state index in [2.05, 4.69) is 10.6 Å². The molecule has 19 heavy (non-hydrogen) atoms. The van der Waals surface area contributed by atoms with E-state index in [0.717, 1.165) is 18.0 Å². The molecule has 6 heteroatoms. The molecular formula is C13H17N3O3. The molecule has 6 nitrogen and oxygen atoms in total. The van der Waals surface area contributed by atoms with Gasteiger partial charge in [0.05, 0.1) is 11.5 Å². The SMILES string of the molecule is O=C(CNCC1CC1)NCc1cccc([N+](=O)[O-])c1. The van der Waals surface area contributed by atoms with Crippen molar-refractivity contribution in [3.63, 3.8) is 0 Å². The third kappa shape index (κ3) is 4.67. The smallest absolute Gasteiger partial charge is 0.269 e. The van der Waals surface area contributed by atoms with Crippen LogP contribution in [-0.2, 0) is 11.3 Å². The molecule has 0 aromatic heterocycles. The minimum absolute atomic E-state index is 0.0404. The Morgan fingerprint density at radius 2 is 2.21 bits per heavy atom. The molecule has 0 aliphatic heterocycles. The Morgan fingerprint density at radius 3 is 2.89 bits per heavy atom. The highest BCUT2D eigenvalue weighted by molar-refractivity contribution is 5.77. The molecule has 1 saturated carbocycles. The zero-order valence-corrected chi connectivity index (χ0v) is 10.6. The van der Waals surface area contributed by atoms with Crippen molar-refractivity contribution in [2.45, 2.75) is 19.4 Å². The topological polar surface area (TPSA) is 84.3 Å². The number of nitro groups is 1. The number of carbonyl (C=O) groups is 1. The van der Waals surface area contributed by atoms with Crippen molar-refractivity contribution in [3.05, 3.63) is 39.9 Å². The lowest BCUT2D eigenvalue weighted by Gasteiger charge is -2.06. The van der Waals surface area contributed by atoms with Crippen LogP contribution in [0.25, 0.3) is 0 Å². The molecule has 0 atom stereocenters. The molecule has 1 aromatic rings. The zero-order valence-electron chi connectivity index (χ0n) is 10.6. The van der Waals surface area contributed by atoms with Gasteiger partial charge in [-0.05, 0) is 30.9 Å². The third-order valence-corrected chi connectivity index (χ3v) is 3.03. The van der Waals surface area contributed by atoms with Crippen LogP contribution >= 0.6 is 0 Å². The molecule has 0 saturated heterocycles. The maximum atomic E-state index is 11.5. The van der Waals surface area contributed by atoms with Gasteiger partial charge in [-0.1, -0.05) is 12.1 Å². The number of rotatable bonds is 7. The van der Waals surface area contributed by atoms with Crippen molar-refractivity contribution in [3.8, 4) is 0 Å². The summed E-state index contributed by atoms with van der Waals surface area (Å²) in [5.74, 6) is 0.650. The van der Waals surface area contributed by atoms with Gasteiger partial charge in [-0.3, -0.25) is 14.9 Å². The van der Waals surface area contributed by atoms with Gasteiger partial charge in [0.1, 0.15) is 0 Å². The Balaban J connectivity index is 1.72. The number of nitrogens with one attached hydrogen (secondary N) is 2. The van der Waals surface area contributed by atoms with Crippen LogP contribution in [0.2, 0.25) is 0 Å². The van der Waals surface area contributed by atoms with Crippen molar-refractivity contribution in [2.75, 3.05) is 13.1 Å². The summed E-state index contributed by atoms with van der Waals surface area (Å²) in [5, 5.41) is 16.4. The molecule has 0 unspecified atom stereocenters. The van der Waals surface area contributed by atoms with E-state index in [1.54, 1.807) is 12.1 Å². The van der Waals surface area contributed by atoms with Crippen LogP contribution in [0.5, 0.6) is 0 Å². The van der Waals surface area contributed by atoms with Crippen molar-refractivity contribution in [1.29, 1.82) is 0 Å². The number of carbonyl (C=O) groups excluding carboxylic acids is 1. The fraction of sp³-hybridized carbons (Fsp3) is 0.462. The van der Waals surface area contributed by atoms with Gasteiger partial charge < -0.3 is 10.6 Å².